The van der Waals surface area contributed by atoms with Gasteiger partial charge >= 0.3 is 0 Å². The number of carbonyl (C=O) groups is 1. The molecule has 25 heavy (non-hydrogen) atoms. The molecule has 6 heteroatoms. The number of nitrogens with one attached hydrogen (secondary N) is 2. The molecular weight excluding hydrogens is 336 g/mol. The lowest BCUT2D eigenvalue weighted by Gasteiger charge is -2.24. The average molecular weight is 360 g/mol. The summed E-state index contributed by atoms with van der Waals surface area (Å²) >= 11 is 0. The maximum atomic E-state index is 12.5. The molecule has 2 aromatic carbocycles. The molecule has 134 valence electrons. The van der Waals surface area contributed by atoms with Crippen LogP contribution in [0.4, 0.5) is 5.69 Å². The van der Waals surface area contributed by atoms with Crippen molar-refractivity contribution in [3.8, 4) is 0 Å². The minimum absolute atomic E-state index is 0.177. The lowest BCUT2D eigenvalue weighted by molar-refractivity contribution is 0.0911. The van der Waals surface area contributed by atoms with Crippen LogP contribution in [0.5, 0.6) is 0 Å². The molecule has 1 amide bonds. The highest BCUT2D eigenvalue weighted by Crippen LogP contribution is 2.22. The first kappa shape index (κ1) is 19.0. The van der Waals surface area contributed by atoms with Gasteiger partial charge in [0.05, 0.1) is 10.6 Å². The zero-order valence-electron chi connectivity index (χ0n) is 15.0. The Balaban J connectivity index is 2.29. The Morgan fingerprint density at radius 3 is 2.32 bits per heavy atom. The highest BCUT2D eigenvalue weighted by molar-refractivity contribution is 7.92. The number of carbonyl (C=O) groups excluding carboxylic acids is 1. The number of hydrogen-bond donors (Lipinski definition) is 2. The Labute approximate surface area is 149 Å². The van der Waals surface area contributed by atoms with Gasteiger partial charge in [0.25, 0.3) is 15.9 Å². The third-order valence-electron chi connectivity index (χ3n) is 4.13. The van der Waals surface area contributed by atoms with Gasteiger partial charge in [-0.3, -0.25) is 9.52 Å². The minimum Gasteiger partial charge on any atom is -0.347 e. The summed E-state index contributed by atoms with van der Waals surface area (Å²) < 4.78 is 27.6. The number of amides is 1. The van der Waals surface area contributed by atoms with Gasteiger partial charge in [-0.1, -0.05) is 31.2 Å². The molecule has 2 N–H and O–H groups in total. The average Bonchev–Trinajstić information content (AvgIpc) is 2.57. The molecule has 0 bridgehead atoms. The molecule has 0 radical (unpaired) electrons. The monoisotopic (exact) mass is 360 g/mol. The second kappa shape index (κ2) is 7.27. The smallest absolute Gasteiger partial charge is 0.261 e. The largest absolute Gasteiger partial charge is 0.347 e. The van der Waals surface area contributed by atoms with Crippen LogP contribution in [0, 0.1) is 6.92 Å². The number of benzene rings is 2. The normalized spacial score (nSPS) is 11.8. The van der Waals surface area contributed by atoms with E-state index in [1.54, 1.807) is 43.3 Å². The standard InChI is InChI=1S/C19H24N2O3S/c1-5-19(3,4)20-18(22)15-12-11-14(2)17(13-15)21-25(23,24)16-9-7-6-8-10-16/h6-13,21H,5H2,1-4H3,(H,20,22). The summed E-state index contributed by atoms with van der Waals surface area (Å²) in [5.74, 6) is -0.230. The third-order valence-corrected chi connectivity index (χ3v) is 5.51. The molecule has 5 nitrogen and oxygen atoms in total. The summed E-state index contributed by atoms with van der Waals surface area (Å²) in [6.07, 6.45) is 0.790. The summed E-state index contributed by atoms with van der Waals surface area (Å²) in [5.41, 5.74) is 1.22. The lowest BCUT2D eigenvalue weighted by Crippen LogP contribution is -2.42. The third kappa shape index (κ3) is 4.82. The molecule has 2 aromatic rings. The van der Waals surface area contributed by atoms with E-state index in [2.05, 4.69) is 10.0 Å². The van der Waals surface area contributed by atoms with Crippen LogP contribution in [-0.4, -0.2) is 19.9 Å². The highest BCUT2D eigenvalue weighted by Gasteiger charge is 2.20. The van der Waals surface area contributed by atoms with E-state index in [0.29, 0.717) is 11.3 Å². The molecule has 0 aliphatic rings. The van der Waals surface area contributed by atoms with Gasteiger partial charge in [0.1, 0.15) is 0 Å². The molecule has 0 aliphatic carbocycles. The van der Waals surface area contributed by atoms with Crippen LogP contribution in [0.3, 0.4) is 0 Å². The van der Waals surface area contributed by atoms with Crippen molar-refractivity contribution in [3.63, 3.8) is 0 Å². The van der Waals surface area contributed by atoms with Crippen molar-refractivity contribution in [1.29, 1.82) is 0 Å². The SMILES string of the molecule is CCC(C)(C)NC(=O)c1ccc(C)c(NS(=O)(=O)c2ccccc2)c1. The lowest BCUT2D eigenvalue weighted by atomic mass is 10.0. The summed E-state index contributed by atoms with van der Waals surface area (Å²) in [6, 6.07) is 13.1. The predicted octanol–water partition coefficient (Wildman–Crippen LogP) is 3.71. The summed E-state index contributed by atoms with van der Waals surface area (Å²) in [4.78, 5) is 12.6. The topological polar surface area (TPSA) is 75.3 Å². The molecule has 0 saturated carbocycles. The van der Waals surface area contributed by atoms with Crippen LogP contribution < -0.4 is 10.0 Å². The molecule has 0 saturated heterocycles. The zero-order chi connectivity index (χ0) is 18.7. The Hall–Kier alpha value is -2.34. The van der Waals surface area contributed by atoms with Crippen molar-refractivity contribution < 1.29 is 13.2 Å². The molecule has 0 aliphatic heterocycles. The fraction of sp³-hybridized carbons (Fsp3) is 0.316. The van der Waals surface area contributed by atoms with Gasteiger partial charge in [-0.2, -0.15) is 0 Å². The second-order valence-corrected chi connectivity index (χ2v) is 8.32. The number of aryl methyl sites for hydroxylation is 1. The summed E-state index contributed by atoms with van der Waals surface area (Å²) in [7, 11) is -3.70. The van der Waals surface area contributed by atoms with Crippen LogP contribution in [0.2, 0.25) is 0 Å². The molecular formula is C19H24N2O3S. The van der Waals surface area contributed by atoms with E-state index in [0.717, 1.165) is 12.0 Å². The number of anilines is 1. The van der Waals surface area contributed by atoms with Crippen molar-refractivity contribution in [2.24, 2.45) is 0 Å². The fourth-order valence-electron chi connectivity index (χ4n) is 2.14. The predicted molar refractivity (Wildman–Crippen MR) is 100 cm³/mol. The van der Waals surface area contributed by atoms with E-state index in [-0.39, 0.29) is 16.3 Å². The summed E-state index contributed by atoms with van der Waals surface area (Å²) in [5, 5.41) is 2.95. The van der Waals surface area contributed by atoms with Crippen molar-refractivity contribution in [2.75, 3.05) is 4.72 Å². The van der Waals surface area contributed by atoms with Gasteiger partial charge in [0.2, 0.25) is 0 Å². The van der Waals surface area contributed by atoms with Gasteiger partial charge in [0.15, 0.2) is 0 Å². The maximum absolute atomic E-state index is 12.5. The minimum atomic E-state index is -3.70. The van der Waals surface area contributed by atoms with E-state index in [1.165, 1.54) is 12.1 Å². The van der Waals surface area contributed by atoms with Crippen LogP contribution in [0.1, 0.15) is 43.1 Å². The zero-order valence-corrected chi connectivity index (χ0v) is 15.8. The fourth-order valence-corrected chi connectivity index (χ4v) is 3.29. The van der Waals surface area contributed by atoms with Gasteiger partial charge < -0.3 is 5.32 Å². The molecule has 0 unspecified atom stereocenters. The van der Waals surface area contributed by atoms with Crippen LogP contribution >= 0.6 is 0 Å². The first-order valence-corrected chi connectivity index (χ1v) is 9.64. The van der Waals surface area contributed by atoms with Crippen molar-refractivity contribution in [1.82, 2.24) is 5.32 Å². The van der Waals surface area contributed by atoms with Crippen molar-refractivity contribution in [2.45, 2.75) is 44.6 Å². The second-order valence-electron chi connectivity index (χ2n) is 6.64. The van der Waals surface area contributed by atoms with Gasteiger partial charge in [-0.15, -0.1) is 0 Å². The molecule has 0 aromatic heterocycles. The molecule has 0 heterocycles. The highest BCUT2D eigenvalue weighted by atomic mass is 32.2. The Bertz CT molecular complexity index is 859. The van der Waals surface area contributed by atoms with Crippen LogP contribution in [-0.2, 0) is 10.0 Å². The maximum Gasteiger partial charge on any atom is 0.261 e. The Morgan fingerprint density at radius 1 is 1.08 bits per heavy atom. The van der Waals surface area contributed by atoms with Crippen LogP contribution in [0.15, 0.2) is 53.4 Å². The van der Waals surface area contributed by atoms with E-state index in [4.69, 9.17) is 0 Å². The van der Waals surface area contributed by atoms with Gasteiger partial charge in [-0.05, 0) is 57.0 Å². The number of hydrogen-bond acceptors (Lipinski definition) is 3. The first-order chi connectivity index (χ1) is 11.6. The molecule has 0 spiro atoms. The number of sulfonamides is 1. The van der Waals surface area contributed by atoms with E-state index in [1.807, 2.05) is 20.8 Å². The van der Waals surface area contributed by atoms with Gasteiger partial charge in [0, 0.05) is 11.1 Å². The van der Waals surface area contributed by atoms with Gasteiger partial charge in [-0.25, -0.2) is 8.42 Å². The van der Waals surface area contributed by atoms with Crippen LogP contribution in [0.25, 0.3) is 0 Å². The van der Waals surface area contributed by atoms with E-state index in [9.17, 15) is 13.2 Å². The van der Waals surface area contributed by atoms with E-state index >= 15 is 0 Å². The molecule has 0 atom stereocenters. The quantitative estimate of drug-likeness (QED) is 0.824. The Kier molecular flexibility index (Phi) is 5.52. The Morgan fingerprint density at radius 2 is 1.72 bits per heavy atom. The first-order valence-electron chi connectivity index (χ1n) is 8.16. The molecule has 2 rings (SSSR count). The summed E-state index contributed by atoms with van der Waals surface area (Å²) in [6.45, 7) is 7.67. The number of rotatable bonds is 6. The van der Waals surface area contributed by atoms with Crippen molar-refractivity contribution >= 4 is 21.6 Å². The van der Waals surface area contributed by atoms with Crippen molar-refractivity contribution in [3.05, 3.63) is 59.7 Å². The van der Waals surface area contributed by atoms with E-state index < -0.39 is 10.0 Å². The molecule has 0 fully saturated rings.